The van der Waals surface area contributed by atoms with Crippen LogP contribution in [0.5, 0.6) is 5.75 Å². The highest BCUT2D eigenvalue weighted by atomic mass is 16.5. The predicted octanol–water partition coefficient (Wildman–Crippen LogP) is 3.30. The minimum absolute atomic E-state index is 0.360. The first kappa shape index (κ1) is 13.9. The number of nitrogens with one attached hydrogen (secondary N) is 1. The van der Waals surface area contributed by atoms with E-state index in [0.29, 0.717) is 18.2 Å². The molecule has 3 nitrogen and oxygen atoms in total. The summed E-state index contributed by atoms with van der Waals surface area (Å²) in [4.78, 5) is 0. The van der Waals surface area contributed by atoms with Crippen LogP contribution in [0.3, 0.4) is 0 Å². The molecule has 1 aromatic carbocycles. The zero-order valence-electron chi connectivity index (χ0n) is 12.5. The second-order valence-corrected chi connectivity index (χ2v) is 5.96. The maximum absolute atomic E-state index is 5.89. The Morgan fingerprint density at radius 1 is 1.25 bits per heavy atom. The molecular formula is C17H25NO2. The molecule has 3 unspecified atom stereocenters. The maximum atomic E-state index is 5.89. The van der Waals surface area contributed by atoms with Crippen molar-refractivity contribution < 1.29 is 9.47 Å². The molecule has 1 aliphatic carbocycles. The van der Waals surface area contributed by atoms with Crippen LogP contribution >= 0.6 is 0 Å². The fraction of sp³-hybridized carbons (Fsp3) is 0.647. The molecule has 1 N–H and O–H groups in total. The van der Waals surface area contributed by atoms with E-state index in [1.165, 1.54) is 18.4 Å². The molecule has 3 atom stereocenters. The topological polar surface area (TPSA) is 30.5 Å². The first-order chi connectivity index (χ1) is 9.78. The van der Waals surface area contributed by atoms with E-state index in [1.54, 1.807) is 0 Å². The molecule has 2 fully saturated rings. The molecule has 1 saturated carbocycles. The van der Waals surface area contributed by atoms with Crippen molar-refractivity contribution in [3.05, 3.63) is 29.8 Å². The minimum Gasteiger partial charge on any atom is -0.494 e. The zero-order valence-corrected chi connectivity index (χ0v) is 12.5. The lowest BCUT2D eigenvalue weighted by molar-refractivity contribution is 0.0793. The Kier molecular flexibility index (Phi) is 4.27. The molecule has 0 spiro atoms. The van der Waals surface area contributed by atoms with E-state index in [0.717, 1.165) is 31.3 Å². The van der Waals surface area contributed by atoms with Crippen molar-refractivity contribution in [2.24, 2.45) is 5.92 Å². The van der Waals surface area contributed by atoms with Crippen molar-refractivity contribution in [3.8, 4) is 5.75 Å². The first-order valence-corrected chi connectivity index (χ1v) is 7.88. The largest absolute Gasteiger partial charge is 0.494 e. The third-order valence-corrected chi connectivity index (χ3v) is 4.38. The van der Waals surface area contributed by atoms with E-state index < -0.39 is 0 Å². The summed E-state index contributed by atoms with van der Waals surface area (Å²) in [6, 6.07) is 9.30. The van der Waals surface area contributed by atoms with Gasteiger partial charge >= 0.3 is 0 Å². The van der Waals surface area contributed by atoms with E-state index in [1.807, 2.05) is 6.92 Å². The molecule has 0 bridgehead atoms. The number of ether oxygens (including phenoxy) is 2. The average molecular weight is 275 g/mol. The summed E-state index contributed by atoms with van der Waals surface area (Å²) >= 11 is 0. The Labute approximate surface area is 121 Å². The van der Waals surface area contributed by atoms with Crippen LogP contribution in [0.2, 0.25) is 0 Å². The van der Waals surface area contributed by atoms with E-state index in [2.05, 4.69) is 36.5 Å². The molecule has 1 heterocycles. The minimum atomic E-state index is 0.360. The van der Waals surface area contributed by atoms with Gasteiger partial charge in [0.05, 0.1) is 12.7 Å². The van der Waals surface area contributed by atoms with Gasteiger partial charge in [0.15, 0.2) is 0 Å². The van der Waals surface area contributed by atoms with Crippen LogP contribution in [0, 0.1) is 5.92 Å². The first-order valence-electron chi connectivity index (χ1n) is 7.88. The van der Waals surface area contributed by atoms with Crippen LogP contribution in [0.25, 0.3) is 0 Å². The summed E-state index contributed by atoms with van der Waals surface area (Å²) in [7, 11) is 0. The van der Waals surface area contributed by atoms with E-state index in [4.69, 9.17) is 9.47 Å². The molecular weight excluding hydrogens is 250 g/mol. The SMILES string of the molecule is CCOc1ccc(C(C)NC2CCOC2C2CC2)cc1. The molecule has 1 aliphatic heterocycles. The molecule has 20 heavy (non-hydrogen) atoms. The van der Waals surface area contributed by atoms with Gasteiger partial charge in [0.2, 0.25) is 0 Å². The van der Waals surface area contributed by atoms with Crippen molar-refractivity contribution in [1.82, 2.24) is 5.32 Å². The highest BCUT2D eigenvalue weighted by Gasteiger charge is 2.40. The van der Waals surface area contributed by atoms with Gasteiger partial charge in [-0.25, -0.2) is 0 Å². The van der Waals surface area contributed by atoms with Crippen LogP contribution in [-0.4, -0.2) is 25.4 Å². The van der Waals surface area contributed by atoms with Crippen LogP contribution in [0.4, 0.5) is 0 Å². The number of benzene rings is 1. The van der Waals surface area contributed by atoms with Crippen LogP contribution in [0.1, 0.15) is 44.7 Å². The number of hydrogen-bond acceptors (Lipinski definition) is 3. The van der Waals surface area contributed by atoms with E-state index in [-0.39, 0.29) is 0 Å². The van der Waals surface area contributed by atoms with E-state index in [9.17, 15) is 0 Å². The third-order valence-electron chi connectivity index (χ3n) is 4.38. The fourth-order valence-corrected chi connectivity index (χ4v) is 3.12. The lowest BCUT2D eigenvalue weighted by atomic mass is 10.0. The van der Waals surface area contributed by atoms with Gasteiger partial charge < -0.3 is 14.8 Å². The second kappa shape index (κ2) is 6.15. The molecule has 2 aliphatic rings. The van der Waals surface area contributed by atoms with Gasteiger partial charge in [-0.05, 0) is 56.7 Å². The molecule has 1 aromatic rings. The van der Waals surface area contributed by atoms with Crippen LogP contribution in [-0.2, 0) is 4.74 Å². The molecule has 0 aromatic heterocycles. The molecule has 0 amide bonds. The van der Waals surface area contributed by atoms with Crippen LogP contribution in [0.15, 0.2) is 24.3 Å². The molecule has 0 radical (unpaired) electrons. The second-order valence-electron chi connectivity index (χ2n) is 5.96. The fourth-order valence-electron chi connectivity index (χ4n) is 3.12. The van der Waals surface area contributed by atoms with Crippen molar-refractivity contribution in [2.45, 2.75) is 51.3 Å². The van der Waals surface area contributed by atoms with Crippen molar-refractivity contribution in [1.29, 1.82) is 0 Å². The van der Waals surface area contributed by atoms with Gasteiger partial charge in [-0.2, -0.15) is 0 Å². The van der Waals surface area contributed by atoms with Crippen molar-refractivity contribution >= 4 is 0 Å². The lowest BCUT2D eigenvalue weighted by Crippen LogP contribution is -2.39. The average Bonchev–Trinajstić information content (AvgIpc) is 3.20. The molecule has 1 saturated heterocycles. The van der Waals surface area contributed by atoms with Crippen molar-refractivity contribution in [3.63, 3.8) is 0 Å². The van der Waals surface area contributed by atoms with Crippen molar-refractivity contribution in [2.75, 3.05) is 13.2 Å². The summed E-state index contributed by atoms with van der Waals surface area (Å²) < 4.78 is 11.4. The summed E-state index contributed by atoms with van der Waals surface area (Å²) in [5.74, 6) is 1.76. The zero-order chi connectivity index (χ0) is 13.9. The maximum Gasteiger partial charge on any atom is 0.119 e. The summed E-state index contributed by atoms with van der Waals surface area (Å²) in [6.45, 7) is 5.87. The van der Waals surface area contributed by atoms with Gasteiger partial charge in [-0.1, -0.05) is 12.1 Å². The van der Waals surface area contributed by atoms with Gasteiger partial charge in [0, 0.05) is 18.7 Å². The van der Waals surface area contributed by atoms with Gasteiger partial charge in [-0.3, -0.25) is 0 Å². The summed E-state index contributed by atoms with van der Waals surface area (Å²) in [5.41, 5.74) is 1.31. The normalized spacial score (nSPS) is 27.5. The van der Waals surface area contributed by atoms with Crippen LogP contribution < -0.4 is 10.1 Å². The Hall–Kier alpha value is -1.06. The summed E-state index contributed by atoms with van der Waals surface area (Å²) in [6.07, 6.45) is 4.28. The van der Waals surface area contributed by atoms with Gasteiger partial charge in [0.25, 0.3) is 0 Å². The van der Waals surface area contributed by atoms with E-state index >= 15 is 0 Å². The smallest absolute Gasteiger partial charge is 0.119 e. The molecule has 110 valence electrons. The third kappa shape index (κ3) is 3.15. The Bertz CT molecular complexity index is 427. The summed E-state index contributed by atoms with van der Waals surface area (Å²) in [5, 5.41) is 3.75. The number of rotatable bonds is 6. The predicted molar refractivity (Wildman–Crippen MR) is 80.0 cm³/mol. The molecule has 3 rings (SSSR count). The Morgan fingerprint density at radius 3 is 2.65 bits per heavy atom. The Morgan fingerprint density at radius 2 is 2.00 bits per heavy atom. The highest BCUT2D eigenvalue weighted by Crippen LogP contribution is 2.39. The quantitative estimate of drug-likeness (QED) is 0.864. The lowest BCUT2D eigenvalue weighted by Gasteiger charge is -2.24. The van der Waals surface area contributed by atoms with Gasteiger partial charge in [-0.15, -0.1) is 0 Å². The number of hydrogen-bond donors (Lipinski definition) is 1. The highest BCUT2D eigenvalue weighted by molar-refractivity contribution is 5.29. The monoisotopic (exact) mass is 275 g/mol. The van der Waals surface area contributed by atoms with Gasteiger partial charge in [0.1, 0.15) is 5.75 Å². The molecule has 3 heteroatoms. The standard InChI is InChI=1S/C17H25NO2/c1-3-19-15-8-6-13(7-9-15)12(2)18-16-10-11-20-17(16)14-4-5-14/h6-9,12,14,16-18H,3-5,10-11H2,1-2H3. The Balaban J connectivity index is 1.59.